The monoisotopic (exact) mass is 297 g/mol. The zero-order chi connectivity index (χ0) is 12.3. The van der Waals surface area contributed by atoms with Crippen LogP contribution in [0.5, 0.6) is 0 Å². The molecule has 0 aromatic heterocycles. The minimum absolute atomic E-state index is 0.319. The summed E-state index contributed by atoms with van der Waals surface area (Å²) in [5.74, 6) is -0.641. The number of halogens is 3. The van der Waals surface area contributed by atoms with Gasteiger partial charge in [-0.2, -0.15) is 0 Å². The maximum Gasteiger partial charge on any atom is 0.146 e. The van der Waals surface area contributed by atoms with Crippen LogP contribution < -0.4 is 5.32 Å². The number of hydrogen-bond donors (Lipinski definition) is 1. The molecular weight excluding hydrogens is 288 g/mol. The van der Waals surface area contributed by atoms with E-state index >= 15 is 0 Å². The van der Waals surface area contributed by atoms with E-state index in [1.54, 1.807) is 30.3 Å². The van der Waals surface area contributed by atoms with Crippen LogP contribution in [-0.2, 0) is 6.54 Å². The predicted octanol–water partition coefficient (Wildman–Crippen LogP) is 4.34. The molecule has 88 valence electrons. The Kier molecular flexibility index (Phi) is 3.74. The minimum atomic E-state index is -0.321. The fourth-order valence-electron chi connectivity index (χ4n) is 1.48. The highest BCUT2D eigenvalue weighted by atomic mass is 79.9. The maximum absolute atomic E-state index is 13.3. The molecule has 0 radical (unpaired) electrons. The first kappa shape index (κ1) is 12.0. The fourth-order valence-corrected chi connectivity index (χ4v) is 1.88. The molecule has 17 heavy (non-hydrogen) atoms. The number of para-hydroxylation sites is 1. The minimum Gasteiger partial charge on any atom is -0.379 e. The summed E-state index contributed by atoms with van der Waals surface area (Å²) in [5, 5.41) is 2.93. The van der Waals surface area contributed by atoms with Crippen molar-refractivity contribution in [3.63, 3.8) is 0 Å². The smallest absolute Gasteiger partial charge is 0.146 e. The molecule has 0 aliphatic carbocycles. The number of hydrogen-bond acceptors (Lipinski definition) is 1. The summed E-state index contributed by atoms with van der Waals surface area (Å²) in [6.07, 6.45) is 0. The van der Waals surface area contributed by atoms with Gasteiger partial charge in [0, 0.05) is 6.54 Å². The molecule has 1 nitrogen and oxygen atoms in total. The summed E-state index contributed by atoms with van der Waals surface area (Å²) < 4.78 is 27.0. The van der Waals surface area contributed by atoms with Crippen LogP contribution in [0, 0.1) is 11.6 Å². The molecule has 2 rings (SSSR count). The van der Waals surface area contributed by atoms with Crippen molar-refractivity contribution in [3.8, 4) is 0 Å². The molecule has 0 atom stereocenters. The van der Waals surface area contributed by atoms with E-state index in [1.165, 1.54) is 12.1 Å². The highest BCUT2D eigenvalue weighted by Gasteiger charge is 2.05. The average Bonchev–Trinajstić information content (AvgIpc) is 2.33. The molecule has 0 spiro atoms. The van der Waals surface area contributed by atoms with Gasteiger partial charge in [-0.15, -0.1) is 0 Å². The van der Waals surface area contributed by atoms with Crippen molar-refractivity contribution in [2.75, 3.05) is 5.32 Å². The van der Waals surface area contributed by atoms with Crippen LogP contribution in [0.3, 0.4) is 0 Å². The van der Waals surface area contributed by atoms with Gasteiger partial charge in [0.25, 0.3) is 0 Å². The molecule has 4 heteroatoms. The lowest BCUT2D eigenvalue weighted by molar-refractivity contribution is 0.618. The van der Waals surface area contributed by atoms with Crippen molar-refractivity contribution < 1.29 is 8.78 Å². The third-order valence-electron chi connectivity index (χ3n) is 2.37. The van der Waals surface area contributed by atoms with Gasteiger partial charge >= 0.3 is 0 Å². The van der Waals surface area contributed by atoms with Gasteiger partial charge in [0.15, 0.2) is 0 Å². The van der Waals surface area contributed by atoms with Crippen LogP contribution in [-0.4, -0.2) is 0 Å². The third kappa shape index (κ3) is 2.82. The molecule has 2 aromatic carbocycles. The van der Waals surface area contributed by atoms with Crippen molar-refractivity contribution in [3.05, 3.63) is 64.1 Å². The van der Waals surface area contributed by atoms with Gasteiger partial charge in [0.1, 0.15) is 11.6 Å². The van der Waals surface area contributed by atoms with Gasteiger partial charge in [-0.05, 0) is 39.7 Å². The summed E-state index contributed by atoms with van der Waals surface area (Å²) >= 11 is 3.16. The summed E-state index contributed by atoms with van der Waals surface area (Å²) in [7, 11) is 0. The predicted molar refractivity (Wildman–Crippen MR) is 67.8 cm³/mol. The normalized spacial score (nSPS) is 10.3. The molecule has 1 N–H and O–H groups in total. The maximum atomic E-state index is 13.3. The second-order valence-corrected chi connectivity index (χ2v) is 4.34. The molecular formula is C13H10BrF2N. The van der Waals surface area contributed by atoms with Crippen molar-refractivity contribution in [2.24, 2.45) is 0 Å². The molecule has 2 aromatic rings. The van der Waals surface area contributed by atoms with Gasteiger partial charge < -0.3 is 5.32 Å². The van der Waals surface area contributed by atoms with Crippen molar-refractivity contribution in [1.29, 1.82) is 0 Å². The largest absolute Gasteiger partial charge is 0.379 e. The van der Waals surface area contributed by atoms with Gasteiger partial charge in [-0.3, -0.25) is 0 Å². The second-order valence-electron chi connectivity index (χ2n) is 3.55. The van der Waals surface area contributed by atoms with E-state index in [-0.39, 0.29) is 11.6 Å². The quantitative estimate of drug-likeness (QED) is 0.889. The standard InChI is InChI=1S/C13H10BrF2N/c14-13-9(4-3-6-11(13)16)8-17-12-7-2-1-5-10(12)15/h1-7,17H,8H2. The van der Waals surface area contributed by atoms with E-state index < -0.39 is 0 Å². The number of anilines is 1. The average molecular weight is 298 g/mol. The number of nitrogens with one attached hydrogen (secondary N) is 1. The number of benzene rings is 2. The molecule has 0 aliphatic heterocycles. The van der Waals surface area contributed by atoms with Crippen LogP contribution in [0.15, 0.2) is 46.9 Å². The van der Waals surface area contributed by atoms with Gasteiger partial charge in [-0.1, -0.05) is 24.3 Å². The van der Waals surface area contributed by atoms with Gasteiger partial charge in [-0.25, -0.2) is 8.78 Å². The Morgan fingerprint density at radius 3 is 2.41 bits per heavy atom. The Balaban J connectivity index is 2.13. The van der Waals surface area contributed by atoms with E-state index in [1.807, 2.05) is 0 Å². The fraction of sp³-hybridized carbons (Fsp3) is 0.0769. The molecule has 0 bridgehead atoms. The Hall–Kier alpha value is -1.42. The molecule has 0 saturated heterocycles. The topological polar surface area (TPSA) is 12.0 Å². The van der Waals surface area contributed by atoms with E-state index in [2.05, 4.69) is 21.2 Å². The molecule has 0 unspecified atom stereocenters. The van der Waals surface area contributed by atoms with E-state index in [0.29, 0.717) is 16.7 Å². The highest BCUT2D eigenvalue weighted by Crippen LogP contribution is 2.22. The summed E-state index contributed by atoms with van der Waals surface area (Å²) in [4.78, 5) is 0. The Morgan fingerprint density at radius 2 is 1.65 bits per heavy atom. The molecule has 0 fully saturated rings. The van der Waals surface area contributed by atoms with Crippen LogP contribution in [0.1, 0.15) is 5.56 Å². The SMILES string of the molecule is Fc1ccccc1NCc1cccc(F)c1Br. The third-order valence-corrected chi connectivity index (χ3v) is 3.26. The van der Waals surface area contributed by atoms with Crippen molar-refractivity contribution >= 4 is 21.6 Å². The summed E-state index contributed by atoms with van der Waals surface area (Å²) in [5.41, 5.74) is 1.15. The number of rotatable bonds is 3. The first-order valence-corrected chi connectivity index (χ1v) is 5.89. The summed E-state index contributed by atoms with van der Waals surface area (Å²) in [6.45, 7) is 0.360. The van der Waals surface area contributed by atoms with Crippen LogP contribution >= 0.6 is 15.9 Å². The lowest BCUT2D eigenvalue weighted by Crippen LogP contribution is -2.02. The second kappa shape index (κ2) is 5.27. The van der Waals surface area contributed by atoms with Gasteiger partial charge in [0.05, 0.1) is 10.2 Å². The van der Waals surface area contributed by atoms with Crippen molar-refractivity contribution in [2.45, 2.75) is 6.54 Å². The molecule has 0 heterocycles. The molecule has 0 saturated carbocycles. The van der Waals surface area contributed by atoms with E-state index in [0.717, 1.165) is 5.56 Å². The Bertz CT molecular complexity index is 529. The van der Waals surface area contributed by atoms with Crippen LogP contribution in [0.2, 0.25) is 0 Å². The zero-order valence-corrected chi connectivity index (χ0v) is 10.5. The van der Waals surface area contributed by atoms with Crippen LogP contribution in [0.4, 0.5) is 14.5 Å². The van der Waals surface area contributed by atoms with Crippen molar-refractivity contribution in [1.82, 2.24) is 0 Å². The Labute approximate surface area is 107 Å². The highest BCUT2D eigenvalue weighted by molar-refractivity contribution is 9.10. The molecule has 0 amide bonds. The van der Waals surface area contributed by atoms with Gasteiger partial charge in [0.2, 0.25) is 0 Å². The lowest BCUT2D eigenvalue weighted by atomic mass is 10.2. The van der Waals surface area contributed by atoms with E-state index in [4.69, 9.17) is 0 Å². The zero-order valence-electron chi connectivity index (χ0n) is 8.88. The first-order chi connectivity index (χ1) is 8.18. The summed E-state index contributed by atoms with van der Waals surface area (Å²) in [6, 6.07) is 11.2. The van der Waals surface area contributed by atoms with Crippen LogP contribution in [0.25, 0.3) is 0 Å². The lowest BCUT2D eigenvalue weighted by Gasteiger charge is -2.09. The first-order valence-electron chi connectivity index (χ1n) is 5.10. The Morgan fingerprint density at radius 1 is 0.941 bits per heavy atom. The molecule has 0 aliphatic rings. The van der Waals surface area contributed by atoms with E-state index in [9.17, 15) is 8.78 Å².